The maximum atomic E-state index is 12.0. The highest BCUT2D eigenvalue weighted by Gasteiger charge is 2.21. The molecule has 0 aliphatic carbocycles. The average Bonchev–Trinajstić information content (AvgIpc) is 2.84. The van der Waals surface area contributed by atoms with Crippen LogP contribution in [0.5, 0.6) is 0 Å². The molecule has 0 bridgehead atoms. The highest BCUT2D eigenvalue weighted by atomic mass is 79.9. The standard InChI is InChI=1S/C12H18BrN3O3S2/c1-8-6-9(4-5-14-8)16-11(17)7-15-21(18,19)12-3-2-10(13)20-12/h2-3,8-9,14-15H,4-7H2,1H3,(H,16,17). The van der Waals surface area contributed by atoms with Gasteiger partial charge in [-0.2, -0.15) is 0 Å². The summed E-state index contributed by atoms with van der Waals surface area (Å²) in [5.74, 6) is -0.298. The van der Waals surface area contributed by atoms with Gasteiger partial charge in [-0.15, -0.1) is 11.3 Å². The minimum Gasteiger partial charge on any atom is -0.352 e. The summed E-state index contributed by atoms with van der Waals surface area (Å²) in [6.45, 7) is 2.69. The molecule has 9 heteroatoms. The van der Waals surface area contributed by atoms with Crippen molar-refractivity contribution in [1.82, 2.24) is 15.4 Å². The first-order valence-corrected chi connectivity index (χ1v) is 9.74. The summed E-state index contributed by atoms with van der Waals surface area (Å²) in [5.41, 5.74) is 0. The third kappa shape index (κ3) is 5.03. The summed E-state index contributed by atoms with van der Waals surface area (Å²) in [6.07, 6.45) is 1.72. The summed E-state index contributed by atoms with van der Waals surface area (Å²) in [6, 6.07) is 3.64. The second kappa shape index (κ2) is 7.19. The molecule has 1 aromatic heterocycles. The van der Waals surface area contributed by atoms with Crippen LogP contribution in [0.25, 0.3) is 0 Å². The van der Waals surface area contributed by atoms with Crippen LogP contribution < -0.4 is 15.4 Å². The largest absolute Gasteiger partial charge is 0.352 e. The molecule has 1 fully saturated rings. The highest BCUT2D eigenvalue weighted by molar-refractivity contribution is 9.11. The first kappa shape index (κ1) is 16.9. The molecule has 6 nitrogen and oxygen atoms in total. The van der Waals surface area contributed by atoms with Crippen LogP contribution in [-0.4, -0.2) is 39.5 Å². The zero-order valence-electron chi connectivity index (χ0n) is 11.6. The van der Waals surface area contributed by atoms with Gasteiger partial charge in [0.1, 0.15) is 4.21 Å². The third-order valence-corrected chi connectivity index (χ3v) is 6.74. The van der Waals surface area contributed by atoms with Crippen LogP contribution >= 0.6 is 27.3 Å². The van der Waals surface area contributed by atoms with E-state index in [9.17, 15) is 13.2 Å². The van der Waals surface area contributed by atoms with Crippen LogP contribution in [-0.2, 0) is 14.8 Å². The number of halogens is 1. The fourth-order valence-electron chi connectivity index (χ4n) is 2.22. The van der Waals surface area contributed by atoms with E-state index < -0.39 is 10.0 Å². The molecule has 0 saturated carbocycles. The van der Waals surface area contributed by atoms with Crippen LogP contribution in [0.4, 0.5) is 0 Å². The van der Waals surface area contributed by atoms with Crippen molar-refractivity contribution in [3.63, 3.8) is 0 Å². The molecule has 2 unspecified atom stereocenters. The van der Waals surface area contributed by atoms with Gasteiger partial charge in [0.2, 0.25) is 5.91 Å². The molecule has 2 heterocycles. The van der Waals surface area contributed by atoms with E-state index in [2.05, 4.69) is 38.2 Å². The maximum absolute atomic E-state index is 12.0. The van der Waals surface area contributed by atoms with Crippen molar-refractivity contribution in [2.24, 2.45) is 0 Å². The first-order chi connectivity index (χ1) is 9.87. The maximum Gasteiger partial charge on any atom is 0.250 e. The van der Waals surface area contributed by atoms with Crippen molar-refractivity contribution >= 4 is 43.2 Å². The molecule has 0 radical (unpaired) electrons. The van der Waals surface area contributed by atoms with Crippen molar-refractivity contribution in [1.29, 1.82) is 0 Å². The number of piperidine rings is 1. The molecule has 118 valence electrons. The molecule has 21 heavy (non-hydrogen) atoms. The smallest absolute Gasteiger partial charge is 0.250 e. The molecule has 2 rings (SSSR count). The van der Waals surface area contributed by atoms with Gasteiger partial charge in [-0.05, 0) is 54.4 Å². The molecule has 1 aliphatic rings. The number of nitrogens with one attached hydrogen (secondary N) is 3. The lowest BCUT2D eigenvalue weighted by molar-refractivity contribution is -0.120. The van der Waals surface area contributed by atoms with E-state index in [-0.39, 0.29) is 22.7 Å². The lowest BCUT2D eigenvalue weighted by Crippen LogP contribution is -2.48. The Kier molecular flexibility index (Phi) is 5.78. The van der Waals surface area contributed by atoms with Crippen LogP contribution in [0.1, 0.15) is 19.8 Å². The topological polar surface area (TPSA) is 87.3 Å². The Labute approximate surface area is 136 Å². The lowest BCUT2D eigenvalue weighted by Gasteiger charge is -2.28. The minimum absolute atomic E-state index is 0.106. The molecule has 3 N–H and O–H groups in total. The van der Waals surface area contributed by atoms with Crippen molar-refractivity contribution in [3.05, 3.63) is 15.9 Å². The van der Waals surface area contributed by atoms with Crippen molar-refractivity contribution in [2.45, 2.75) is 36.1 Å². The number of hydrogen-bond donors (Lipinski definition) is 3. The van der Waals surface area contributed by atoms with Gasteiger partial charge in [0, 0.05) is 12.1 Å². The molecule has 0 aromatic carbocycles. The second-order valence-electron chi connectivity index (χ2n) is 5.03. The summed E-state index contributed by atoms with van der Waals surface area (Å²) >= 11 is 4.33. The van der Waals surface area contributed by atoms with E-state index in [1.54, 1.807) is 6.07 Å². The fraction of sp³-hybridized carbons (Fsp3) is 0.583. The molecule has 1 aliphatic heterocycles. The summed E-state index contributed by atoms with van der Waals surface area (Å²) in [4.78, 5) is 11.8. The van der Waals surface area contributed by atoms with Gasteiger partial charge in [-0.3, -0.25) is 4.79 Å². The van der Waals surface area contributed by atoms with E-state index >= 15 is 0 Å². The minimum atomic E-state index is -3.62. The van der Waals surface area contributed by atoms with E-state index in [1.807, 2.05) is 0 Å². The van der Waals surface area contributed by atoms with Gasteiger partial charge < -0.3 is 10.6 Å². The second-order valence-corrected chi connectivity index (χ2v) is 9.48. The van der Waals surface area contributed by atoms with Crippen LogP contribution in [0, 0.1) is 0 Å². The Morgan fingerprint density at radius 3 is 2.90 bits per heavy atom. The van der Waals surface area contributed by atoms with Gasteiger partial charge in [0.05, 0.1) is 10.3 Å². The summed E-state index contributed by atoms with van der Waals surface area (Å²) in [5, 5.41) is 6.17. The fourth-order valence-corrected chi connectivity index (χ4v) is 5.25. The Balaban J connectivity index is 1.83. The average molecular weight is 396 g/mol. The van der Waals surface area contributed by atoms with Gasteiger partial charge in [0.15, 0.2) is 0 Å². The number of sulfonamides is 1. The molecule has 1 amide bonds. The predicted octanol–water partition coefficient (Wildman–Crippen LogP) is 1.05. The van der Waals surface area contributed by atoms with E-state index in [0.29, 0.717) is 6.04 Å². The third-order valence-electron chi connectivity index (χ3n) is 3.22. The quantitative estimate of drug-likeness (QED) is 0.694. The Morgan fingerprint density at radius 1 is 1.52 bits per heavy atom. The monoisotopic (exact) mass is 395 g/mol. The predicted molar refractivity (Wildman–Crippen MR) is 85.8 cm³/mol. The normalized spacial score (nSPS) is 23.0. The number of carbonyl (C=O) groups excluding carboxylic acids is 1. The molecule has 2 atom stereocenters. The van der Waals surface area contributed by atoms with Gasteiger partial charge >= 0.3 is 0 Å². The lowest BCUT2D eigenvalue weighted by atomic mass is 10.0. The van der Waals surface area contributed by atoms with Gasteiger partial charge in [-0.25, -0.2) is 13.1 Å². The molecule has 1 saturated heterocycles. The van der Waals surface area contributed by atoms with Gasteiger partial charge in [-0.1, -0.05) is 0 Å². The Hall–Kier alpha value is -0.480. The number of hydrogen-bond acceptors (Lipinski definition) is 5. The van der Waals surface area contributed by atoms with Crippen LogP contribution in [0.3, 0.4) is 0 Å². The number of rotatable bonds is 5. The molecular formula is C12H18BrN3O3S2. The summed E-state index contributed by atoms with van der Waals surface area (Å²) in [7, 11) is -3.62. The SMILES string of the molecule is CC1CC(NC(=O)CNS(=O)(=O)c2ccc(Br)s2)CCN1. The Bertz CT molecular complexity index is 603. The van der Waals surface area contributed by atoms with E-state index in [0.717, 1.165) is 34.5 Å². The van der Waals surface area contributed by atoms with Gasteiger partial charge in [0.25, 0.3) is 10.0 Å². The van der Waals surface area contributed by atoms with E-state index in [4.69, 9.17) is 0 Å². The zero-order chi connectivity index (χ0) is 15.5. The van der Waals surface area contributed by atoms with Crippen molar-refractivity contribution < 1.29 is 13.2 Å². The number of carbonyl (C=O) groups is 1. The molecular weight excluding hydrogens is 378 g/mol. The van der Waals surface area contributed by atoms with Crippen LogP contribution in [0.15, 0.2) is 20.1 Å². The Morgan fingerprint density at radius 2 is 2.29 bits per heavy atom. The first-order valence-electron chi connectivity index (χ1n) is 6.64. The van der Waals surface area contributed by atoms with Crippen molar-refractivity contribution in [2.75, 3.05) is 13.1 Å². The van der Waals surface area contributed by atoms with E-state index in [1.165, 1.54) is 6.07 Å². The molecule has 1 aromatic rings. The zero-order valence-corrected chi connectivity index (χ0v) is 14.8. The number of amides is 1. The molecule has 0 spiro atoms. The number of thiophene rings is 1. The van der Waals surface area contributed by atoms with Crippen LogP contribution in [0.2, 0.25) is 0 Å². The van der Waals surface area contributed by atoms with Crippen molar-refractivity contribution in [3.8, 4) is 0 Å². The summed E-state index contributed by atoms with van der Waals surface area (Å²) < 4.78 is 27.2. The highest BCUT2D eigenvalue weighted by Crippen LogP contribution is 2.25.